The Morgan fingerprint density at radius 1 is 1.13 bits per heavy atom. The molecule has 0 saturated carbocycles. The van der Waals surface area contributed by atoms with E-state index in [1.807, 2.05) is 4.57 Å². The van der Waals surface area contributed by atoms with Gasteiger partial charge in [0.1, 0.15) is 6.33 Å². The number of thioether (sulfide) groups is 1. The first-order chi connectivity index (χ1) is 14.5. The van der Waals surface area contributed by atoms with Gasteiger partial charge in [-0.1, -0.05) is 36.0 Å². The molecule has 1 aromatic heterocycles. The second kappa shape index (κ2) is 10.3. The van der Waals surface area contributed by atoms with Crippen molar-refractivity contribution < 1.29 is 4.79 Å². The first kappa shape index (κ1) is 21.9. The second-order valence-corrected chi connectivity index (χ2v) is 8.27. The van der Waals surface area contributed by atoms with Crippen molar-refractivity contribution in [1.82, 2.24) is 20.1 Å². The molecule has 6 nitrogen and oxygen atoms in total. The Morgan fingerprint density at radius 2 is 1.93 bits per heavy atom. The van der Waals surface area contributed by atoms with Gasteiger partial charge >= 0.3 is 0 Å². The molecule has 158 valence electrons. The maximum Gasteiger partial charge on any atom is 0.230 e. The van der Waals surface area contributed by atoms with Crippen molar-refractivity contribution in [2.45, 2.75) is 32.9 Å². The summed E-state index contributed by atoms with van der Waals surface area (Å²) in [6.07, 6.45) is 1.70. The third-order valence-corrected chi connectivity index (χ3v) is 5.87. The number of carbonyl (C=O) groups is 1. The molecular formula is C23H29N5OS. The number of benzene rings is 2. The molecule has 1 amide bonds. The monoisotopic (exact) mass is 423 g/mol. The number of hydrogen-bond donors (Lipinski definition) is 1. The molecule has 0 aliphatic carbocycles. The molecule has 7 heteroatoms. The third kappa shape index (κ3) is 5.63. The van der Waals surface area contributed by atoms with Crippen molar-refractivity contribution in [2.24, 2.45) is 0 Å². The highest BCUT2D eigenvalue weighted by Gasteiger charge is 2.12. The predicted octanol–water partition coefficient (Wildman–Crippen LogP) is 3.93. The number of hydrogen-bond acceptors (Lipinski definition) is 5. The summed E-state index contributed by atoms with van der Waals surface area (Å²) < 4.78 is 1.94. The molecule has 3 rings (SSSR count). The van der Waals surface area contributed by atoms with Crippen LogP contribution in [0.25, 0.3) is 5.69 Å². The quantitative estimate of drug-likeness (QED) is 0.529. The molecule has 1 heterocycles. The first-order valence-electron chi connectivity index (χ1n) is 10.2. The number of amides is 1. The average molecular weight is 424 g/mol. The van der Waals surface area contributed by atoms with Gasteiger partial charge in [0.2, 0.25) is 5.91 Å². The number of nitrogens with zero attached hydrogens (tertiary/aromatic N) is 4. The van der Waals surface area contributed by atoms with Crippen LogP contribution >= 0.6 is 11.8 Å². The van der Waals surface area contributed by atoms with Gasteiger partial charge in [-0.15, -0.1) is 10.2 Å². The Kier molecular flexibility index (Phi) is 7.52. The lowest BCUT2D eigenvalue weighted by atomic mass is 10.1. The van der Waals surface area contributed by atoms with Gasteiger partial charge in [-0.3, -0.25) is 9.36 Å². The van der Waals surface area contributed by atoms with E-state index >= 15 is 0 Å². The minimum absolute atomic E-state index is 0.00388. The molecule has 0 aliphatic rings. The van der Waals surface area contributed by atoms with E-state index in [1.54, 1.807) is 6.33 Å². The zero-order valence-corrected chi connectivity index (χ0v) is 18.9. The van der Waals surface area contributed by atoms with E-state index in [4.69, 9.17) is 0 Å². The van der Waals surface area contributed by atoms with Crippen LogP contribution in [0.15, 0.2) is 53.9 Å². The minimum atomic E-state index is -0.00388. The summed E-state index contributed by atoms with van der Waals surface area (Å²) in [6.45, 7) is 10.6. The molecule has 0 atom stereocenters. The van der Waals surface area contributed by atoms with Crippen LogP contribution < -0.4 is 10.2 Å². The van der Waals surface area contributed by atoms with E-state index in [0.717, 1.165) is 24.3 Å². The van der Waals surface area contributed by atoms with E-state index in [2.05, 4.69) is 90.6 Å². The Bertz CT molecular complexity index is 1000. The smallest absolute Gasteiger partial charge is 0.230 e. The highest BCUT2D eigenvalue weighted by atomic mass is 32.2. The van der Waals surface area contributed by atoms with Gasteiger partial charge in [0.25, 0.3) is 0 Å². The van der Waals surface area contributed by atoms with Gasteiger partial charge in [0, 0.05) is 25.3 Å². The topological polar surface area (TPSA) is 63.1 Å². The minimum Gasteiger partial charge on any atom is -0.370 e. The Labute approximate surface area is 182 Å². The highest BCUT2D eigenvalue weighted by Crippen LogP contribution is 2.22. The van der Waals surface area contributed by atoms with E-state index < -0.39 is 0 Å². The van der Waals surface area contributed by atoms with Crippen molar-refractivity contribution in [3.05, 3.63) is 65.5 Å². The van der Waals surface area contributed by atoms with E-state index in [9.17, 15) is 4.79 Å². The molecule has 0 unspecified atom stereocenters. The van der Waals surface area contributed by atoms with Crippen molar-refractivity contribution in [3.63, 3.8) is 0 Å². The molecule has 0 radical (unpaired) electrons. The van der Waals surface area contributed by atoms with Crippen LogP contribution in [0, 0.1) is 20.8 Å². The Morgan fingerprint density at radius 3 is 2.70 bits per heavy atom. The fourth-order valence-electron chi connectivity index (χ4n) is 3.27. The summed E-state index contributed by atoms with van der Waals surface area (Å²) in [5, 5.41) is 12.0. The van der Waals surface area contributed by atoms with Gasteiger partial charge in [0.15, 0.2) is 5.16 Å². The highest BCUT2D eigenvalue weighted by molar-refractivity contribution is 7.99. The van der Waals surface area contributed by atoms with E-state index in [0.29, 0.717) is 17.5 Å². The SMILES string of the molecule is CCN(CCNC(=O)CSc1nncn1-c1cc(C)ccc1C)c1cccc(C)c1. The summed E-state index contributed by atoms with van der Waals surface area (Å²) in [6, 6.07) is 14.7. The van der Waals surface area contributed by atoms with Gasteiger partial charge in [0.05, 0.1) is 11.4 Å². The van der Waals surface area contributed by atoms with Gasteiger partial charge in [-0.25, -0.2) is 0 Å². The molecular weight excluding hydrogens is 394 g/mol. The number of anilines is 1. The van der Waals surface area contributed by atoms with Crippen LogP contribution in [-0.4, -0.2) is 46.1 Å². The summed E-state index contributed by atoms with van der Waals surface area (Å²) in [4.78, 5) is 14.6. The van der Waals surface area contributed by atoms with Crippen LogP contribution in [0.5, 0.6) is 0 Å². The van der Waals surface area contributed by atoms with Gasteiger partial charge in [-0.2, -0.15) is 0 Å². The van der Waals surface area contributed by atoms with Crippen molar-refractivity contribution in [1.29, 1.82) is 0 Å². The molecule has 0 bridgehead atoms. The predicted molar refractivity (Wildman–Crippen MR) is 124 cm³/mol. The lowest BCUT2D eigenvalue weighted by Crippen LogP contribution is -2.35. The standard InChI is InChI=1S/C23H29N5OS/c1-5-27(20-8-6-7-17(2)13-20)12-11-24-22(29)15-30-23-26-25-16-28(23)21-14-18(3)9-10-19(21)4/h6-10,13-14,16H,5,11-12,15H2,1-4H3,(H,24,29). The molecule has 0 aliphatic heterocycles. The van der Waals surface area contributed by atoms with Crippen molar-refractivity contribution in [3.8, 4) is 5.69 Å². The van der Waals surface area contributed by atoms with Crippen LogP contribution in [0.1, 0.15) is 23.6 Å². The number of aryl methyl sites for hydroxylation is 3. The van der Waals surface area contributed by atoms with E-state index in [1.165, 1.54) is 28.6 Å². The zero-order chi connectivity index (χ0) is 21.5. The van der Waals surface area contributed by atoms with Crippen LogP contribution in [0.4, 0.5) is 5.69 Å². The fourth-order valence-corrected chi connectivity index (χ4v) is 4.02. The van der Waals surface area contributed by atoms with Crippen molar-refractivity contribution >= 4 is 23.4 Å². The van der Waals surface area contributed by atoms with Gasteiger partial charge in [-0.05, 0) is 62.6 Å². The normalized spacial score (nSPS) is 10.8. The number of carbonyl (C=O) groups excluding carboxylic acids is 1. The lowest BCUT2D eigenvalue weighted by Gasteiger charge is -2.23. The third-order valence-electron chi connectivity index (χ3n) is 4.93. The number of nitrogens with one attached hydrogen (secondary N) is 1. The van der Waals surface area contributed by atoms with Gasteiger partial charge < -0.3 is 10.2 Å². The Hall–Kier alpha value is -2.80. The maximum atomic E-state index is 12.4. The molecule has 0 spiro atoms. The molecule has 3 aromatic rings. The summed E-state index contributed by atoms with van der Waals surface area (Å²) in [7, 11) is 0. The number of likely N-dealkylation sites (N-methyl/N-ethyl adjacent to an activating group) is 1. The number of aromatic nitrogens is 3. The van der Waals surface area contributed by atoms with Crippen LogP contribution in [0.2, 0.25) is 0 Å². The molecule has 0 fully saturated rings. The molecule has 1 N–H and O–H groups in total. The van der Waals surface area contributed by atoms with Crippen molar-refractivity contribution in [2.75, 3.05) is 30.3 Å². The second-order valence-electron chi connectivity index (χ2n) is 7.33. The number of rotatable bonds is 9. The zero-order valence-electron chi connectivity index (χ0n) is 18.1. The summed E-state index contributed by atoms with van der Waals surface area (Å²) in [5.74, 6) is 0.302. The molecule has 30 heavy (non-hydrogen) atoms. The largest absolute Gasteiger partial charge is 0.370 e. The summed E-state index contributed by atoms with van der Waals surface area (Å²) in [5.41, 5.74) is 5.77. The fraction of sp³-hybridized carbons (Fsp3) is 0.348. The van der Waals surface area contributed by atoms with Crippen LogP contribution in [-0.2, 0) is 4.79 Å². The Balaban J connectivity index is 1.52. The average Bonchev–Trinajstić information content (AvgIpc) is 3.20. The lowest BCUT2D eigenvalue weighted by molar-refractivity contribution is -0.118. The summed E-state index contributed by atoms with van der Waals surface area (Å²) >= 11 is 1.40. The first-order valence-corrected chi connectivity index (χ1v) is 11.1. The van der Waals surface area contributed by atoms with Crippen LogP contribution in [0.3, 0.4) is 0 Å². The van der Waals surface area contributed by atoms with E-state index in [-0.39, 0.29) is 5.91 Å². The molecule has 2 aromatic carbocycles. The maximum absolute atomic E-state index is 12.4. The molecule has 0 saturated heterocycles.